The molecule has 2 aliphatic rings. The molecule has 2 nitrogen and oxygen atoms in total. The van der Waals surface area contributed by atoms with Crippen LogP contribution in [0.4, 0.5) is 0 Å². The average Bonchev–Trinajstić information content (AvgIpc) is 2.58. The molecule has 11 heavy (non-hydrogen) atoms. The predicted molar refractivity (Wildman–Crippen MR) is 42.4 cm³/mol. The van der Waals surface area contributed by atoms with Crippen molar-refractivity contribution in [1.29, 1.82) is 0 Å². The van der Waals surface area contributed by atoms with E-state index >= 15 is 0 Å². The van der Waals surface area contributed by atoms with Crippen molar-refractivity contribution < 1.29 is 4.74 Å². The molecule has 1 fully saturated rings. The first-order chi connectivity index (χ1) is 5.47. The number of nitrogens with zero attached hydrogens (tertiary/aromatic N) is 1. The maximum Gasteiger partial charge on any atom is 0.124 e. The summed E-state index contributed by atoms with van der Waals surface area (Å²) < 4.78 is 5.35. The van der Waals surface area contributed by atoms with E-state index < -0.39 is 0 Å². The summed E-state index contributed by atoms with van der Waals surface area (Å²) in [5.41, 5.74) is 0. The third kappa shape index (κ3) is 1.39. The SMILES string of the molecule is C1=COC(C2CCCC2)=C[N]1. The number of ether oxygens (including phenoxy) is 1. The molecule has 2 heteroatoms. The minimum atomic E-state index is 0.642. The summed E-state index contributed by atoms with van der Waals surface area (Å²) in [5.74, 6) is 1.70. The summed E-state index contributed by atoms with van der Waals surface area (Å²) in [7, 11) is 0. The second-order valence-corrected chi connectivity index (χ2v) is 3.06. The van der Waals surface area contributed by atoms with Crippen LogP contribution in [-0.2, 0) is 4.74 Å². The lowest BCUT2D eigenvalue weighted by Gasteiger charge is -2.14. The van der Waals surface area contributed by atoms with Gasteiger partial charge in [-0.2, -0.15) is 0 Å². The Bertz CT molecular complexity index is 190. The van der Waals surface area contributed by atoms with E-state index in [4.69, 9.17) is 4.74 Å². The molecule has 0 bridgehead atoms. The van der Waals surface area contributed by atoms with Gasteiger partial charge in [0.2, 0.25) is 0 Å². The van der Waals surface area contributed by atoms with Crippen LogP contribution in [0.15, 0.2) is 24.4 Å². The van der Waals surface area contributed by atoms with E-state index in [-0.39, 0.29) is 0 Å². The minimum Gasteiger partial charge on any atom is -0.466 e. The molecule has 0 aromatic rings. The average molecular weight is 150 g/mol. The Balaban J connectivity index is 1.97. The minimum absolute atomic E-state index is 0.642. The van der Waals surface area contributed by atoms with E-state index in [0.717, 1.165) is 5.76 Å². The summed E-state index contributed by atoms with van der Waals surface area (Å²) in [5, 5.41) is 4.04. The molecule has 1 aliphatic heterocycles. The highest BCUT2D eigenvalue weighted by molar-refractivity contribution is 5.05. The number of allylic oxidation sites excluding steroid dienone is 1. The first-order valence-corrected chi connectivity index (χ1v) is 4.18. The standard InChI is InChI=1S/C9H12NO/c1-2-4-8(3-1)9-7-10-5-6-11-9/h5-8H,1-4H2. The van der Waals surface area contributed by atoms with Crippen LogP contribution in [0.5, 0.6) is 0 Å². The van der Waals surface area contributed by atoms with Crippen molar-refractivity contribution in [3.63, 3.8) is 0 Å². The lowest BCUT2D eigenvalue weighted by atomic mass is 10.1. The molecule has 1 aliphatic carbocycles. The third-order valence-electron chi connectivity index (χ3n) is 2.31. The van der Waals surface area contributed by atoms with Crippen LogP contribution < -0.4 is 5.32 Å². The van der Waals surface area contributed by atoms with E-state index in [1.807, 2.05) is 6.20 Å². The van der Waals surface area contributed by atoms with Crippen molar-refractivity contribution in [2.45, 2.75) is 25.7 Å². The second-order valence-electron chi connectivity index (χ2n) is 3.06. The van der Waals surface area contributed by atoms with Crippen molar-refractivity contribution in [2.24, 2.45) is 5.92 Å². The van der Waals surface area contributed by atoms with Crippen molar-refractivity contribution in [3.05, 3.63) is 24.4 Å². The summed E-state index contributed by atoms with van der Waals surface area (Å²) in [6, 6.07) is 0. The fraction of sp³-hybridized carbons (Fsp3) is 0.556. The van der Waals surface area contributed by atoms with Gasteiger partial charge in [0.05, 0.1) is 12.4 Å². The fourth-order valence-electron chi connectivity index (χ4n) is 1.70. The normalized spacial score (nSPS) is 24.2. The Morgan fingerprint density at radius 3 is 2.82 bits per heavy atom. The Labute approximate surface area is 66.9 Å². The zero-order valence-electron chi connectivity index (χ0n) is 6.49. The van der Waals surface area contributed by atoms with Gasteiger partial charge >= 0.3 is 0 Å². The van der Waals surface area contributed by atoms with Crippen LogP contribution >= 0.6 is 0 Å². The summed E-state index contributed by atoms with van der Waals surface area (Å²) in [6.07, 6.45) is 10.4. The Morgan fingerprint density at radius 2 is 2.18 bits per heavy atom. The molecule has 59 valence electrons. The van der Waals surface area contributed by atoms with E-state index in [1.54, 1.807) is 12.5 Å². The maximum absolute atomic E-state index is 5.35. The van der Waals surface area contributed by atoms with Gasteiger partial charge in [0.1, 0.15) is 12.0 Å². The van der Waals surface area contributed by atoms with Crippen LogP contribution in [0.1, 0.15) is 25.7 Å². The zero-order chi connectivity index (χ0) is 7.52. The van der Waals surface area contributed by atoms with Gasteiger partial charge in [-0.05, 0) is 12.8 Å². The summed E-state index contributed by atoms with van der Waals surface area (Å²) in [4.78, 5) is 0. The largest absolute Gasteiger partial charge is 0.466 e. The molecule has 0 aromatic heterocycles. The van der Waals surface area contributed by atoms with Gasteiger partial charge in [-0.25, -0.2) is 0 Å². The Hall–Kier alpha value is -0.920. The molecule has 0 amide bonds. The number of hydrogen-bond acceptors (Lipinski definition) is 1. The van der Waals surface area contributed by atoms with Gasteiger partial charge in [-0.1, -0.05) is 12.8 Å². The van der Waals surface area contributed by atoms with Crippen molar-refractivity contribution >= 4 is 0 Å². The van der Waals surface area contributed by atoms with Gasteiger partial charge in [0.15, 0.2) is 0 Å². The maximum atomic E-state index is 5.35. The lowest BCUT2D eigenvalue weighted by Crippen LogP contribution is -2.05. The highest BCUT2D eigenvalue weighted by Gasteiger charge is 2.21. The Kier molecular flexibility index (Phi) is 1.84. The molecular weight excluding hydrogens is 138 g/mol. The van der Waals surface area contributed by atoms with Gasteiger partial charge in [0.25, 0.3) is 0 Å². The molecule has 0 unspecified atom stereocenters. The summed E-state index contributed by atoms with van der Waals surface area (Å²) in [6.45, 7) is 0. The van der Waals surface area contributed by atoms with Crippen molar-refractivity contribution in [2.75, 3.05) is 0 Å². The topological polar surface area (TPSA) is 23.3 Å². The monoisotopic (exact) mass is 150 g/mol. The first-order valence-electron chi connectivity index (χ1n) is 4.18. The highest BCUT2D eigenvalue weighted by Crippen LogP contribution is 2.31. The van der Waals surface area contributed by atoms with E-state index in [1.165, 1.54) is 25.7 Å². The Morgan fingerprint density at radius 1 is 1.36 bits per heavy atom. The van der Waals surface area contributed by atoms with Gasteiger partial charge < -0.3 is 4.74 Å². The van der Waals surface area contributed by atoms with Crippen molar-refractivity contribution in [3.8, 4) is 0 Å². The summed E-state index contributed by atoms with van der Waals surface area (Å²) >= 11 is 0. The zero-order valence-corrected chi connectivity index (χ0v) is 6.49. The van der Waals surface area contributed by atoms with E-state index in [0.29, 0.717) is 5.92 Å². The highest BCUT2D eigenvalue weighted by atomic mass is 16.5. The van der Waals surface area contributed by atoms with Crippen LogP contribution in [0.25, 0.3) is 0 Å². The van der Waals surface area contributed by atoms with Crippen LogP contribution in [0, 0.1) is 5.92 Å². The smallest absolute Gasteiger partial charge is 0.124 e. The van der Waals surface area contributed by atoms with E-state index in [2.05, 4.69) is 5.32 Å². The fourth-order valence-corrected chi connectivity index (χ4v) is 1.70. The molecule has 0 atom stereocenters. The third-order valence-corrected chi connectivity index (χ3v) is 2.31. The van der Waals surface area contributed by atoms with Crippen molar-refractivity contribution in [1.82, 2.24) is 5.32 Å². The van der Waals surface area contributed by atoms with Crippen LogP contribution in [-0.4, -0.2) is 0 Å². The van der Waals surface area contributed by atoms with Gasteiger partial charge in [-0.15, -0.1) is 0 Å². The lowest BCUT2D eigenvalue weighted by molar-refractivity contribution is 0.278. The van der Waals surface area contributed by atoms with E-state index in [9.17, 15) is 0 Å². The molecule has 1 radical (unpaired) electrons. The molecule has 0 spiro atoms. The number of hydrogen-bond donors (Lipinski definition) is 0. The first kappa shape index (κ1) is 6.77. The number of rotatable bonds is 1. The second kappa shape index (κ2) is 2.99. The quantitative estimate of drug-likeness (QED) is 0.561. The molecule has 1 heterocycles. The molecule has 1 saturated carbocycles. The van der Waals surface area contributed by atoms with Crippen LogP contribution in [0.3, 0.4) is 0 Å². The molecular formula is C9H12NO. The molecule has 0 N–H and O–H groups in total. The molecule has 2 rings (SSSR count). The predicted octanol–water partition coefficient (Wildman–Crippen LogP) is 2.12. The van der Waals surface area contributed by atoms with Crippen LogP contribution in [0.2, 0.25) is 0 Å². The molecule has 0 aromatic carbocycles. The van der Waals surface area contributed by atoms with Gasteiger partial charge in [0, 0.05) is 5.92 Å². The van der Waals surface area contributed by atoms with Gasteiger partial charge in [-0.3, -0.25) is 5.32 Å². The molecule has 0 saturated heterocycles.